The van der Waals surface area contributed by atoms with E-state index < -0.39 is 0 Å². The maximum atomic E-state index is 5.64. The van der Waals surface area contributed by atoms with Crippen LogP contribution >= 0.6 is 0 Å². The SMILES string of the molecule is CCn1c(CN)nnc1Cc1ccccc1C. The number of aryl methyl sites for hydroxylation is 1. The molecule has 1 aromatic heterocycles. The quantitative estimate of drug-likeness (QED) is 0.869. The molecule has 1 heterocycles. The highest BCUT2D eigenvalue weighted by Gasteiger charge is 2.10. The third kappa shape index (κ3) is 2.36. The van der Waals surface area contributed by atoms with Gasteiger partial charge in [0.15, 0.2) is 0 Å². The lowest BCUT2D eigenvalue weighted by Crippen LogP contribution is -2.10. The van der Waals surface area contributed by atoms with Crippen molar-refractivity contribution in [1.29, 1.82) is 0 Å². The summed E-state index contributed by atoms with van der Waals surface area (Å²) in [6, 6.07) is 8.35. The summed E-state index contributed by atoms with van der Waals surface area (Å²) in [5.41, 5.74) is 8.21. The van der Waals surface area contributed by atoms with E-state index in [1.165, 1.54) is 11.1 Å². The zero-order valence-electron chi connectivity index (χ0n) is 10.3. The van der Waals surface area contributed by atoms with Gasteiger partial charge in [0.05, 0.1) is 6.54 Å². The lowest BCUT2D eigenvalue weighted by molar-refractivity contribution is 0.668. The first-order chi connectivity index (χ1) is 8.26. The van der Waals surface area contributed by atoms with Crippen LogP contribution in [-0.2, 0) is 19.5 Å². The van der Waals surface area contributed by atoms with Crippen molar-refractivity contribution in [1.82, 2.24) is 14.8 Å². The third-order valence-corrected chi connectivity index (χ3v) is 3.01. The fourth-order valence-corrected chi connectivity index (χ4v) is 2.00. The molecule has 17 heavy (non-hydrogen) atoms. The highest BCUT2D eigenvalue weighted by Crippen LogP contribution is 2.13. The van der Waals surface area contributed by atoms with Gasteiger partial charge < -0.3 is 10.3 Å². The predicted octanol–water partition coefficient (Wildman–Crippen LogP) is 1.66. The molecule has 2 rings (SSSR count). The summed E-state index contributed by atoms with van der Waals surface area (Å²) >= 11 is 0. The number of aromatic nitrogens is 3. The summed E-state index contributed by atoms with van der Waals surface area (Å²) in [6.07, 6.45) is 0.813. The van der Waals surface area contributed by atoms with Gasteiger partial charge in [-0.2, -0.15) is 0 Å². The minimum Gasteiger partial charge on any atom is -0.324 e. The maximum Gasteiger partial charge on any atom is 0.146 e. The fourth-order valence-electron chi connectivity index (χ4n) is 2.00. The molecule has 1 aromatic carbocycles. The van der Waals surface area contributed by atoms with Gasteiger partial charge in [0.1, 0.15) is 11.6 Å². The van der Waals surface area contributed by atoms with Crippen LogP contribution in [0.1, 0.15) is 29.7 Å². The largest absolute Gasteiger partial charge is 0.324 e. The number of hydrogen-bond donors (Lipinski definition) is 1. The van der Waals surface area contributed by atoms with Crippen molar-refractivity contribution in [2.75, 3.05) is 0 Å². The summed E-state index contributed by atoms with van der Waals surface area (Å²) in [6.45, 7) is 5.51. The van der Waals surface area contributed by atoms with Crippen molar-refractivity contribution in [3.05, 3.63) is 47.0 Å². The van der Waals surface area contributed by atoms with Crippen molar-refractivity contribution in [3.63, 3.8) is 0 Å². The summed E-state index contributed by atoms with van der Waals surface area (Å²) < 4.78 is 2.09. The second-order valence-electron chi connectivity index (χ2n) is 4.08. The first-order valence-corrected chi connectivity index (χ1v) is 5.91. The molecule has 0 fully saturated rings. The van der Waals surface area contributed by atoms with Crippen LogP contribution in [0.3, 0.4) is 0 Å². The van der Waals surface area contributed by atoms with E-state index in [-0.39, 0.29) is 0 Å². The average Bonchev–Trinajstić information content (AvgIpc) is 2.74. The van der Waals surface area contributed by atoms with Gasteiger partial charge in [0.2, 0.25) is 0 Å². The topological polar surface area (TPSA) is 56.7 Å². The molecule has 0 saturated carbocycles. The van der Waals surface area contributed by atoms with E-state index in [4.69, 9.17) is 5.73 Å². The Hall–Kier alpha value is -1.68. The molecule has 0 unspecified atom stereocenters. The molecule has 0 aliphatic heterocycles. The molecule has 2 N–H and O–H groups in total. The molecule has 0 radical (unpaired) electrons. The van der Waals surface area contributed by atoms with E-state index in [2.05, 4.69) is 52.9 Å². The van der Waals surface area contributed by atoms with Crippen LogP contribution in [0.2, 0.25) is 0 Å². The van der Waals surface area contributed by atoms with E-state index in [9.17, 15) is 0 Å². The summed E-state index contributed by atoms with van der Waals surface area (Å²) in [5, 5.41) is 8.35. The monoisotopic (exact) mass is 230 g/mol. The molecule has 0 aliphatic rings. The van der Waals surface area contributed by atoms with E-state index in [0.717, 1.165) is 24.6 Å². The Morgan fingerprint density at radius 2 is 1.88 bits per heavy atom. The van der Waals surface area contributed by atoms with Crippen molar-refractivity contribution in [2.45, 2.75) is 33.4 Å². The zero-order chi connectivity index (χ0) is 12.3. The summed E-state index contributed by atoms with van der Waals surface area (Å²) in [7, 11) is 0. The predicted molar refractivity (Wildman–Crippen MR) is 67.6 cm³/mol. The standard InChI is InChI=1S/C13H18N4/c1-3-17-12(15-16-13(17)9-14)8-11-7-5-4-6-10(11)2/h4-7H,3,8-9,14H2,1-2H3. The van der Waals surface area contributed by atoms with Crippen LogP contribution in [0.4, 0.5) is 0 Å². The minimum absolute atomic E-state index is 0.439. The van der Waals surface area contributed by atoms with E-state index in [1.807, 2.05) is 0 Å². The molecule has 90 valence electrons. The van der Waals surface area contributed by atoms with Gasteiger partial charge in [-0.15, -0.1) is 10.2 Å². The molecule has 4 heteroatoms. The fraction of sp³-hybridized carbons (Fsp3) is 0.385. The molecular formula is C13H18N4. The van der Waals surface area contributed by atoms with Crippen LogP contribution in [0, 0.1) is 6.92 Å². The Morgan fingerprint density at radius 3 is 2.53 bits per heavy atom. The lowest BCUT2D eigenvalue weighted by atomic mass is 10.1. The van der Waals surface area contributed by atoms with E-state index >= 15 is 0 Å². The second-order valence-corrected chi connectivity index (χ2v) is 4.08. The van der Waals surface area contributed by atoms with Gasteiger partial charge >= 0.3 is 0 Å². The highest BCUT2D eigenvalue weighted by molar-refractivity contribution is 5.28. The smallest absolute Gasteiger partial charge is 0.146 e. The van der Waals surface area contributed by atoms with Gasteiger partial charge in [0.25, 0.3) is 0 Å². The molecule has 0 atom stereocenters. The van der Waals surface area contributed by atoms with Crippen LogP contribution in [0.25, 0.3) is 0 Å². The van der Waals surface area contributed by atoms with Crippen LogP contribution < -0.4 is 5.73 Å². The number of benzene rings is 1. The summed E-state index contributed by atoms with van der Waals surface area (Å²) in [4.78, 5) is 0. The van der Waals surface area contributed by atoms with Crippen molar-refractivity contribution in [3.8, 4) is 0 Å². The van der Waals surface area contributed by atoms with Gasteiger partial charge in [-0.25, -0.2) is 0 Å². The molecule has 0 amide bonds. The molecular weight excluding hydrogens is 212 g/mol. The molecule has 2 aromatic rings. The van der Waals surface area contributed by atoms with Crippen molar-refractivity contribution < 1.29 is 0 Å². The highest BCUT2D eigenvalue weighted by atomic mass is 15.3. The number of rotatable bonds is 4. The number of nitrogens with zero attached hydrogens (tertiary/aromatic N) is 3. The average molecular weight is 230 g/mol. The molecule has 0 aliphatic carbocycles. The number of hydrogen-bond acceptors (Lipinski definition) is 3. The molecule has 0 saturated heterocycles. The normalized spacial score (nSPS) is 10.8. The van der Waals surface area contributed by atoms with Gasteiger partial charge in [0, 0.05) is 13.0 Å². The Morgan fingerprint density at radius 1 is 1.18 bits per heavy atom. The maximum absolute atomic E-state index is 5.64. The Balaban J connectivity index is 2.30. The van der Waals surface area contributed by atoms with E-state index in [0.29, 0.717) is 6.54 Å². The second kappa shape index (κ2) is 5.10. The van der Waals surface area contributed by atoms with Crippen molar-refractivity contribution >= 4 is 0 Å². The van der Waals surface area contributed by atoms with Crippen LogP contribution in [0.5, 0.6) is 0 Å². The zero-order valence-corrected chi connectivity index (χ0v) is 10.3. The lowest BCUT2D eigenvalue weighted by Gasteiger charge is -2.08. The number of nitrogens with two attached hydrogens (primary N) is 1. The van der Waals surface area contributed by atoms with Crippen molar-refractivity contribution in [2.24, 2.45) is 5.73 Å². The minimum atomic E-state index is 0.439. The molecule has 0 bridgehead atoms. The van der Waals surface area contributed by atoms with Gasteiger partial charge in [-0.1, -0.05) is 24.3 Å². The van der Waals surface area contributed by atoms with Gasteiger partial charge in [-0.3, -0.25) is 0 Å². The van der Waals surface area contributed by atoms with E-state index in [1.54, 1.807) is 0 Å². The first kappa shape index (κ1) is 11.8. The molecule has 4 nitrogen and oxygen atoms in total. The Kier molecular flexibility index (Phi) is 3.54. The molecule has 0 spiro atoms. The third-order valence-electron chi connectivity index (χ3n) is 3.01. The summed E-state index contributed by atoms with van der Waals surface area (Å²) in [5.74, 6) is 1.85. The van der Waals surface area contributed by atoms with Gasteiger partial charge in [-0.05, 0) is 25.0 Å². The Labute approximate surface area is 101 Å². The van der Waals surface area contributed by atoms with Crippen LogP contribution in [0.15, 0.2) is 24.3 Å². The first-order valence-electron chi connectivity index (χ1n) is 5.91. The Bertz CT molecular complexity index is 502. The van der Waals surface area contributed by atoms with Crippen LogP contribution in [-0.4, -0.2) is 14.8 Å².